The molecule has 88 valence electrons. The maximum absolute atomic E-state index is 14.0. The third kappa shape index (κ3) is 2.79. The number of ketones is 1. The molecular weight excluding hydrogens is 211 g/mol. The molecule has 0 radical (unpaired) electrons. The standard InChI is InChI=1S/C12H15FO3/c1-8(14)6-10-11(16-3)5-4-9(7-15-2)12(10)13/h4-5H,6-7H2,1-3H3. The lowest BCUT2D eigenvalue weighted by Gasteiger charge is -2.11. The number of benzene rings is 1. The van der Waals surface area contributed by atoms with E-state index in [1.807, 2.05) is 0 Å². The van der Waals surface area contributed by atoms with Gasteiger partial charge in [0.25, 0.3) is 0 Å². The van der Waals surface area contributed by atoms with E-state index in [1.54, 1.807) is 12.1 Å². The normalized spacial score (nSPS) is 10.2. The van der Waals surface area contributed by atoms with Crippen LogP contribution < -0.4 is 4.74 Å². The van der Waals surface area contributed by atoms with Gasteiger partial charge in [-0.05, 0) is 13.0 Å². The lowest BCUT2D eigenvalue weighted by molar-refractivity contribution is -0.116. The second kappa shape index (κ2) is 5.61. The smallest absolute Gasteiger partial charge is 0.136 e. The van der Waals surface area contributed by atoms with Crippen LogP contribution in [0.25, 0.3) is 0 Å². The maximum atomic E-state index is 14.0. The molecule has 1 aromatic rings. The predicted molar refractivity (Wildman–Crippen MR) is 58.1 cm³/mol. The summed E-state index contributed by atoms with van der Waals surface area (Å²) in [6.07, 6.45) is 0.0343. The van der Waals surface area contributed by atoms with Crippen LogP contribution in [0.15, 0.2) is 12.1 Å². The zero-order valence-electron chi connectivity index (χ0n) is 9.67. The fraction of sp³-hybridized carbons (Fsp3) is 0.417. The summed E-state index contributed by atoms with van der Waals surface area (Å²) < 4.78 is 23.9. The molecule has 0 atom stereocenters. The first-order chi connectivity index (χ1) is 7.60. The molecule has 0 bridgehead atoms. The van der Waals surface area contributed by atoms with Crippen molar-refractivity contribution in [3.63, 3.8) is 0 Å². The second-order valence-electron chi connectivity index (χ2n) is 3.53. The Kier molecular flexibility index (Phi) is 4.43. The second-order valence-corrected chi connectivity index (χ2v) is 3.53. The number of methoxy groups -OCH3 is 2. The number of carbonyl (C=O) groups is 1. The Bertz CT molecular complexity index is 388. The molecule has 1 aromatic carbocycles. The zero-order chi connectivity index (χ0) is 12.1. The van der Waals surface area contributed by atoms with Gasteiger partial charge in [0.2, 0.25) is 0 Å². The van der Waals surface area contributed by atoms with E-state index < -0.39 is 5.82 Å². The number of ether oxygens (including phenoxy) is 2. The number of Topliss-reactive ketones (excluding diaryl/α,β-unsaturated/α-hetero) is 1. The van der Waals surface area contributed by atoms with E-state index in [0.717, 1.165) is 0 Å². The third-order valence-corrected chi connectivity index (χ3v) is 2.23. The van der Waals surface area contributed by atoms with Crippen LogP contribution in [0.5, 0.6) is 5.75 Å². The van der Waals surface area contributed by atoms with E-state index in [4.69, 9.17) is 9.47 Å². The molecule has 0 saturated heterocycles. The highest BCUT2D eigenvalue weighted by Gasteiger charge is 2.15. The van der Waals surface area contributed by atoms with Gasteiger partial charge in [-0.3, -0.25) is 4.79 Å². The van der Waals surface area contributed by atoms with Crippen LogP contribution in [0.1, 0.15) is 18.1 Å². The average Bonchev–Trinajstić information content (AvgIpc) is 2.24. The highest BCUT2D eigenvalue weighted by Crippen LogP contribution is 2.25. The molecular formula is C12H15FO3. The SMILES string of the molecule is COCc1ccc(OC)c(CC(C)=O)c1F. The summed E-state index contributed by atoms with van der Waals surface area (Å²) in [7, 11) is 2.95. The molecule has 0 aliphatic carbocycles. The van der Waals surface area contributed by atoms with Crippen LogP contribution in [0.3, 0.4) is 0 Å². The van der Waals surface area contributed by atoms with Crippen molar-refractivity contribution in [3.8, 4) is 5.75 Å². The number of rotatable bonds is 5. The fourth-order valence-corrected chi connectivity index (χ4v) is 1.52. The first-order valence-electron chi connectivity index (χ1n) is 4.92. The summed E-state index contributed by atoms with van der Waals surface area (Å²) in [5.74, 6) is -0.129. The van der Waals surface area contributed by atoms with Crippen molar-refractivity contribution in [1.82, 2.24) is 0 Å². The summed E-state index contributed by atoms with van der Waals surface area (Å²) >= 11 is 0. The topological polar surface area (TPSA) is 35.5 Å². The molecule has 0 spiro atoms. The van der Waals surface area contributed by atoms with Crippen molar-refractivity contribution in [2.75, 3.05) is 14.2 Å². The van der Waals surface area contributed by atoms with Crippen molar-refractivity contribution in [3.05, 3.63) is 29.1 Å². The van der Waals surface area contributed by atoms with Crippen molar-refractivity contribution in [2.45, 2.75) is 20.0 Å². The van der Waals surface area contributed by atoms with Crippen LogP contribution in [-0.2, 0) is 22.6 Å². The summed E-state index contributed by atoms with van der Waals surface area (Å²) in [6, 6.07) is 3.25. The Hall–Kier alpha value is -1.42. The summed E-state index contributed by atoms with van der Waals surface area (Å²) in [6.45, 7) is 1.60. The van der Waals surface area contributed by atoms with Gasteiger partial charge >= 0.3 is 0 Å². The molecule has 0 aliphatic rings. The first kappa shape index (κ1) is 12.6. The van der Waals surface area contributed by atoms with Crippen molar-refractivity contribution in [1.29, 1.82) is 0 Å². The van der Waals surface area contributed by atoms with Gasteiger partial charge in [0, 0.05) is 24.7 Å². The number of carbonyl (C=O) groups excluding carboxylic acids is 1. The van der Waals surface area contributed by atoms with Crippen LogP contribution in [0.2, 0.25) is 0 Å². The molecule has 0 saturated carbocycles. The van der Waals surface area contributed by atoms with Gasteiger partial charge in [0.05, 0.1) is 13.7 Å². The third-order valence-electron chi connectivity index (χ3n) is 2.23. The lowest BCUT2D eigenvalue weighted by atomic mass is 10.0. The highest BCUT2D eigenvalue weighted by atomic mass is 19.1. The number of hydrogen-bond acceptors (Lipinski definition) is 3. The predicted octanol–water partition coefficient (Wildman–Crippen LogP) is 2.11. The number of halogens is 1. The van der Waals surface area contributed by atoms with Crippen molar-refractivity contribution >= 4 is 5.78 Å². The van der Waals surface area contributed by atoms with E-state index in [9.17, 15) is 9.18 Å². The van der Waals surface area contributed by atoms with Gasteiger partial charge < -0.3 is 9.47 Å². The van der Waals surface area contributed by atoms with E-state index in [0.29, 0.717) is 16.9 Å². The molecule has 0 amide bonds. The zero-order valence-corrected chi connectivity index (χ0v) is 9.67. The van der Waals surface area contributed by atoms with E-state index in [2.05, 4.69) is 0 Å². The Morgan fingerprint density at radius 1 is 1.38 bits per heavy atom. The van der Waals surface area contributed by atoms with E-state index in [1.165, 1.54) is 21.1 Å². The minimum Gasteiger partial charge on any atom is -0.496 e. The number of hydrogen-bond donors (Lipinski definition) is 0. The summed E-state index contributed by atoms with van der Waals surface area (Å²) in [5.41, 5.74) is 0.726. The molecule has 3 nitrogen and oxygen atoms in total. The van der Waals surface area contributed by atoms with Crippen LogP contribution >= 0.6 is 0 Å². The molecule has 0 N–H and O–H groups in total. The Labute approximate surface area is 94.2 Å². The molecule has 0 fully saturated rings. The monoisotopic (exact) mass is 226 g/mol. The van der Waals surface area contributed by atoms with E-state index >= 15 is 0 Å². The molecule has 16 heavy (non-hydrogen) atoms. The average molecular weight is 226 g/mol. The lowest BCUT2D eigenvalue weighted by Crippen LogP contribution is -2.05. The highest BCUT2D eigenvalue weighted by molar-refractivity contribution is 5.79. The van der Waals surface area contributed by atoms with Crippen molar-refractivity contribution in [2.24, 2.45) is 0 Å². The van der Waals surface area contributed by atoms with Crippen molar-refractivity contribution < 1.29 is 18.7 Å². The fourth-order valence-electron chi connectivity index (χ4n) is 1.52. The Morgan fingerprint density at radius 2 is 2.06 bits per heavy atom. The molecule has 1 rings (SSSR count). The first-order valence-corrected chi connectivity index (χ1v) is 4.92. The molecule has 0 heterocycles. The molecule has 0 aliphatic heterocycles. The molecule has 0 unspecified atom stereocenters. The minimum atomic E-state index is -0.420. The summed E-state index contributed by atoms with van der Waals surface area (Å²) in [5, 5.41) is 0. The van der Waals surface area contributed by atoms with Gasteiger partial charge in [-0.1, -0.05) is 6.07 Å². The van der Waals surface area contributed by atoms with Gasteiger partial charge in [-0.25, -0.2) is 4.39 Å². The molecule has 4 heteroatoms. The Balaban J connectivity index is 3.17. The minimum absolute atomic E-state index is 0.0343. The van der Waals surface area contributed by atoms with Gasteiger partial charge in [-0.2, -0.15) is 0 Å². The van der Waals surface area contributed by atoms with E-state index in [-0.39, 0.29) is 18.8 Å². The van der Waals surface area contributed by atoms with Crippen LogP contribution in [-0.4, -0.2) is 20.0 Å². The van der Waals surface area contributed by atoms with Crippen LogP contribution in [0, 0.1) is 5.82 Å². The van der Waals surface area contributed by atoms with Gasteiger partial charge in [-0.15, -0.1) is 0 Å². The largest absolute Gasteiger partial charge is 0.496 e. The van der Waals surface area contributed by atoms with Crippen LogP contribution in [0.4, 0.5) is 4.39 Å². The summed E-state index contributed by atoms with van der Waals surface area (Å²) in [4.78, 5) is 11.0. The quantitative estimate of drug-likeness (QED) is 0.771. The maximum Gasteiger partial charge on any atom is 0.136 e. The van der Waals surface area contributed by atoms with Gasteiger partial charge in [0.1, 0.15) is 17.3 Å². The molecule has 0 aromatic heterocycles. The van der Waals surface area contributed by atoms with Gasteiger partial charge in [0.15, 0.2) is 0 Å². The Morgan fingerprint density at radius 3 is 2.56 bits per heavy atom.